The van der Waals surface area contributed by atoms with Crippen molar-refractivity contribution >= 4 is 39.9 Å². The van der Waals surface area contributed by atoms with Gasteiger partial charge in [-0.3, -0.25) is 4.79 Å². The molecule has 0 bridgehead atoms. The summed E-state index contributed by atoms with van der Waals surface area (Å²) in [5, 5.41) is -0.411. The normalized spacial score (nSPS) is 12.1. The number of nitrogens with zero attached hydrogens (tertiary/aromatic N) is 3. The van der Waals surface area contributed by atoms with E-state index >= 15 is 0 Å². The third kappa shape index (κ3) is 4.14. The van der Waals surface area contributed by atoms with Crippen molar-refractivity contribution in [3.63, 3.8) is 0 Å². The summed E-state index contributed by atoms with van der Waals surface area (Å²) in [5.41, 5.74) is 2.83. The molecule has 0 N–H and O–H groups in total. The maximum Gasteiger partial charge on any atom is 0.253 e. The molecule has 1 aromatic heterocycles. The number of carbonyl (C=O) groups excluding carboxylic acids is 1. The lowest BCUT2D eigenvalue weighted by Gasteiger charge is -2.46. The van der Waals surface area contributed by atoms with Gasteiger partial charge >= 0.3 is 0 Å². The summed E-state index contributed by atoms with van der Waals surface area (Å²) < 4.78 is 2.56. The number of hydrogen-bond acceptors (Lipinski definition) is 4. The molecule has 0 atom stereocenters. The van der Waals surface area contributed by atoms with Crippen molar-refractivity contribution in [2.24, 2.45) is 0 Å². The van der Waals surface area contributed by atoms with Gasteiger partial charge in [0.05, 0.1) is 17.6 Å². The van der Waals surface area contributed by atoms with E-state index < -0.39 is 21.6 Å². The molecule has 0 amide bonds. The monoisotopic (exact) mass is 375 g/mol. The van der Waals surface area contributed by atoms with E-state index in [1.807, 2.05) is 30.3 Å². The second kappa shape index (κ2) is 6.81. The quantitative estimate of drug-likeness (QED) is 0.608. The molecule has 0 radical (unpaired) electrons. The van der Waals surface area contributed by atoms with E-state index in [-0.39, 0.29) is 5.82 Å². The smallest absolute Gasteiger partial charge is 0.253 e. The van der Waals surface area contributed by atoms with Crippen LogP contribution in [0.2, 0.25) is 39.3 Å². The standard InChI is InChI=1S/C17H25N3OSSi2/c1-23(2,3)20(24(4,5)6)14-12-18-16(17(21)22)19-15(14)13-10-8-7-9-11-13/h7-12H,1-6H3,(H,21,22). The Labute approximate surface area is 151 Å². The first-order valence-corrected chi connectivity index (χ1v) is 15.3. The van der Waals surface area contributed by atoms with E-state index in [0.29, 0.717) is 0 Å². The van der Waals surface area contributed by atoms with Gasteiger partial charge < -0.3 is 4.23 Å². The van der Waals surface area contributed by atoms with Gasteiger partial charge in [-0.15, -0.1) is 0 Å². The average molecular weight is 376 g/mol. The SMILES string of the molecule is C[Si](C)(C)N(c1cnc(C(=O)S)nc1-c1ccccc1)[Si](C)(C)C. The summed E-state index contributed by atoms with van der Waals surface area (Å²) in [5.74, 6) is 0.145. The first-order chi connectivity index (χ1) is 11.0. The maximum absolute atomic E-state index is 11.6. The zero-order valence-electron chi connectivity index (χ0n) is 15.2. The minimum absolute atomic E-state index is 0.145. The van der Waals surface area contributed by atoms with Crippen LogP contribution in [0.3, 0.4) is 0 Å². The van der Waals surface area contributed by atoms with Crippen LogP contribution in [0.4, 0.5) is 5.69 Å². The molecule has 0 aliphatic carbocycles. The van der Waals surface area contributed by atoms with Gasteiger partial charge in [-0.1, -0.05) is 82.2 Å². The summed E-state index contributed by atoms with van der Waals surface area (Å²) in [4.78, 5) is 20.5. The molecule has 7 heteroatoms. The van der Waals surface area contributed by atoms with Gasteiger partial charge in [-0.05, 0) is 0 Å². The molecule has 0 unspecified atom stereocenters. The van der Waals surface area contributed by atoms with Gasteiger partial charge in [0.2, 0.25) is 5.82 Å². The van der Waals surface area contributed by atoms with Crippen molar-refractivity contribution in [2.75, 3.05) is 4.23 Å². The fraction of sp³-hybridized carbons (Fsp3) is 0.353. The highest BCUT2D eigenvalue weighted by Gasteiger charge is 2.36. The van der Waals surface area contributed by atoms with Crippen molar-refractivity contribution in [3.8, 4) is 11.3 Å². The Morgan fingerprint density at radius 3 is 2.00 bits per heavy atom. The third-order valence-electron chi connectivity index (χ3n) is 3.59. The number of carbonyl (C=O) groups is 1. The van der Waals surface area contributed by atoms with E-state index in [4.69, 9.17) is 0 Å². The van der Waals surface area contributed by atoms with Crippen LogP contribution >= 0.6 is 12.6 Å². The number of aromatic nitrogens is 2. The zero-order valence-corrected chi connectivity index (χ0v) is 18.1. The minimum Gasteiger partial charge on any atom is -0.422 e. The average Bonchev–Trinajstić information content (AvgIpc) is 2.45. The van der Waals surface area contributed by atoms with Gasteiger partial charge in [0, 0.05) is 5.56 Å². The van der Waals surface area contributed by atoms with Crippen molar-refractivity contribution in [2.45, 2.75) is 39.3 Å². The molecular weight excluding hydrogens is 350 g/mol. The molecule has 0 aliphatic rings. The van der Waals surface area contributed by atoms with Crippen molar-refractivity contribution < 1.29 is 4.79 Å². The Hall–Kier alpha value is -1.45. The molecule has 0 fully saturated rings. The number of anilines is 1. The Bertz CT molecular complexity index is 726. The lowest BCUT2D eigenvalue weighted by molar-refractivity contribution is 0.108. The number of benzene rings is 1. The summed E-state index contributed by atoms with van der Waals surface area (Å²) in [6, 6.07) is 9.98. The van der Waals surface area contributed by atoms with Gasteiger partial charge in [0.15, 0.2) is 0 Å². The van der Waals surface area contributed by atoms with Gasteiger partial charge in [-0.25, -0.2) is 9.97 Å². The minimum atomic E-state index is -1.66. The molecule has 1 heterocycles. The third-order valence-corrected chi connectivity index (χ3v) is 11.0. The van der Waals surface area contributed by atoms with Crippen LogP contribution < -0.4 is 4.23 Å². The van der Waals surface area contributed by atoms with E-state index in [1.165, 1.54) is 0 Å². The molecule has 0 saturated heterocycles. The summed E-state index contributed by atoms with van der Waals surface area (Å²) >= 11 is 3.89. The molecule has 0 spiro atoms. The van der Waals surface area contributed by atoms with E-state index in [1.54, 1.807) is 6.20 Å². The van der Waals surface area contributed by atoms with Crippen molar-refractivity contribution in [1.29, 1.82) is 0 Å². The predicted molar refractivity (Wildman–Crippen MR) is 110 cm³/mol. The highest BCUT2D eigenvalue weighted by Crippen LogP contribution is 2.35. The molecule has 24 heavy (non-hydrogen) atoms. The van der Waals surface area contributed by atoms with E-state index in [9.17, 15) is 4.79 Å². The Morgan fingerprint density at radius 1 is 1.00 bits per heavy atom. The Morgan fingerprint density at radius 2 is 1.54 bits per heavy atom. The lowest BCUT2D eigenvalue weighted by atomic mass is 10.1. The van der Waals surface area contributed by atoms with E-state index in [2.05, 4.69) is 66.1 Å². The number of hydrogen-bond donors (Lipinski definition) is 1. The van der Waals surface area contributed by atoms with Crippen LogP contribution in [0.1, 0.15) is 10.6 Å². The number of rotatable bonds is 5. The molecule has 0 aliphatic heterocycles. The molecule has 0 saturated carbocycles. The zero-order chi connectivity index (χ0) is 18.1. The second-order valence-corrected chi connectivity index (χ2v) is 18.2. The summed E-state index contributed by atoms with van der Waals surface area (Å²) in [6.45, 7) is 14.0. The summed E-state index contributed by atoms with van der Waals surface area (Å²) in [6.07, 6.45) is 1.80. The summed E-state index contributed by atoms with van der Waals surface area (Å²) in [7, 11) is -3.32. The van der Waals surface area contributed by atoms with E-state index in [0.717, 1.165) is 16.9 Å². The largest absolute Gasteiger partial charge is 0.422 e. The van der Waals surface area contributed by atoms with Crippen LogP contribution in [0, 0.1) is 0 Å². The Balaban J connectivity index is 2.75. The van der Waals surface area contributed by atoms with Gasteiger partial charge in [0.1, 0.15) is 16.5 Å². The predicted octanol–water partition coefficient (Wildman–Crippen LogP) is 4.69. The molecule has 2 rings (SSSR count). The fourth-order valence-electron chi connectivity index (χ4n) is 3.18. The Kier molecular flexibility index (Phi) is 5.36. The second-order valence-electron chi connectivity index (χ2n) is 7.78. The van der Waals surface area contributed by atoms with Gasteiger partial charge in [-0.2, -0.15) is 0 Å². The number of thiol groups is 1. The van der Waals surface area contributed by atoms with Crippen LogP contribution in [0.25, 0.3) is 11.3 Å². The van der Waals surface area contributed by atoms with Crippen molar-refractivity contribution in [1.82, 2.24) is 9.97 Å². The first-order valence-electron chi connectivity index (χ1n) is 7.98. The van der Waals surface area contributed by atoms with Crippen LogP contribution in [0.15, 0.2) is 36.5 Å². The molecule has 2 aromatic rings. The van der Waals surface area contributed by atoms with Gasteiger partial charge in [0.25, 0.3) is 5.12 Å². The van der Waals surface area contributed by atoms with Crippen LogP contribution in [0.5, 0.6) is 0 Å². The maximum atomic E-state index is 11.6. The van der Waals surface area contributed by atoms with Crippen LogP contribution in [-0.2, 0) is 0 Å². The highest BCUT2D eigenvalue weighted by molar-refractivity contribution is 7.97. The highest BCUT2D eigenvalue weighted by atomic mass is 32.1. The topological polar surface area (TPSA) is 46.1 Å². The fourth-order valence-corrected chi connectivity index (χ4v) is 13.1. The molecular formula is C17H25N3OSSi2. The molecule has 128 valence electrons. The lowest BCUT2D eigenvalue weighted by Crippen LogP contribution is -2.59. The first kappa shape index (κ1) is 18.9. The molecule has 1 aromatic carbocycles. The van der Waals surface area contributed by atoms with Crippen LogP contribution in [-0.4, -0.2) is 31.6 Å². The van der Waals surface area contributed by atoms with Crippen molar-refractivity contribution in [3.05, 3.63) is 42.4 Å². The molecule has 4 nitrogen and oxygen atoms in total.